The van der Waals surface area contributed by atoms with Gasteiger partial charge >= 0.3 is 5.97 Å². The van der Waals surface area contributed by atoms with Gasteiger partial charge in [-0.15, -0.1) is 0 Å². The minimum atomic E-state index is -0.885. The van der Waals surface area contributed by atoms with Crippen molar-refractivity contribution in [1.29, 1.82) is 0 Å². The van der Waals surface area contributed by atoms with Gasteiger partial charge in [-0.1, -0.05) is 6.07 Å². The minimum Gasteiger partial charge on any atom is -0.497 e. The molecule has 0 N–H and O–H groups in total. The van der Waals surface area contributed by atoms with Crippen LogP contribution >= 0.6 is 0 Å². The molecule has 5 heteroatoms. The number of ether oxygens (including phenoxy) is 3. The van der Waals surface area contributed by atoms with Crippen molar-refractivity contribution in [2.24, 2.45) is 0 Å². The lowest BCUT2D eigenvalue weighted by molar-refractivity contribution is -0.148. The van der Waals surface area contributed by atoms with Crippen LogP contribution in [0.25, 0.3) is 0 Å². The van der Waals surface area contributed by atoms with Gasteiger partial charge in [0, 0.05) is 5.56 Å². The maximum atomic E-state index is 12.3. The van der Waals surface area contributed by atoms with E-state index >= 15 is 0 Å². The van der Waals surface area contributed by atoms with Crippen molar-refractivity contribution in [1.82, 2.24) is 0 Å². The molecule has 0 aromatic heterocycles. The fourth-order valence-electron chi connectivity index (χ4n) is 2.43. The van der Waals surface area contributed by atoms with E-state index in [2.05, 4.69) is 0 Å². The van der Waals surface area contributed by atoms with E-state index in [0.717, 1.165) is 11.1 Å². The number of benzene rings is 2. The number of aryl methyl sites for hydroxylation is 2. The summed E-state index contributed by atoms with van der Waals surface area (Å²) in [6.45, 7) is 5.20. The molecule has 5 nitrogen and oxygen atoms in total. The fourth-order valence-corrected chi connectivity index (χ4v) is 2.43. The number of ketones is 1. The number of methoxy groups -OCH3 is 1. The van der Waals surface area contributed by atoms with Gasteiger partial charge in [-0.05, 0) is 68.3 Å². The van der Waals surface area contributed by atoms with E-state index in [9.17, 15) is 9.59 Å². The largest absolute Gasteiger partial charge is 0.497 e. The molecular formula is C20H22O5. The molecule has 0 aliphatic rings. The number of hydrogen-bond acceptors (Lipinski definition) is 5. The zero-order chi connectivity index (χ0) is 18.4. The number of rotatable bonds is 7. The van der Waals surface area contributed by atoms with Gasteiger partial charge in [0.25, 0.3) is 0 Å². The van der Waals surface area contributed by atoms with Crippen molar-refractivity contribution < 1.29 is 23.8 Å². The lowest BCUT2D eigenvalue weighted by Gasteiger charge is -2.13. The predicted octanol–water partition coefficient (Wildman–Crippen LogP) is 3.51. The maximum absolute atomic E-state index is 12.3. The highest BCUT2D eigenvalue weighted by Gasteiger charge is 2.20. The molecule has 132 valence electrons. The first-order valence-corrected chi connectivity index (χ1v) is 7.98. The van der Waals surface area contributed by atoms with Crippen LogP contribution in [-0.2, 0) is 9.53 Å². The second-order valence-electron chi connectivity index (χ2n) is 5.84. The zero-order valence-corrected chi connectivity index (χ0v) is 14.9. The number of carbonyl (C=O) groups excluding carboxylic acids is 2. The Balaban J connectivity index is 1.89. The third-order valence-electron chi connectivity index (χ3n) is 3.60. The molecule has 0 aliphatic carbocycles. The highest BCUT2D eigenvalue weighted by molar-refractivity contribution is 6.00. The Hall–Kier alpha value is -2.82. The van der Waals surface area contributed by atoms with Crippen LogP contribution in [0.15, 0.2) is 42.5 Å². The Bertz CT molecular complexity index is 729. The summed E-state index contributed by atoms with van der Waals surface area (Å²) in [6, 6.07) is 12.3. The molecule has 0 spiro atoms. The Morgan fingerprint density at radius 1 is 0.960 bits per heavy atom. The van der Waals surface area contributed by atoms with E-state index < -0.39 is 12.1 Å². The zero-order valence-electron chi connectivity index (χ0n) is 14.9. The van der Waals surface area contributed by atoms with E-state index in [0.29, 0.717) is 17.1 Å². The summed E-state index contributed by atoms with van der Waals surface area (Å²) < 4.78 is 15.7. The first-order chi connectivity index (χ1) is 11.9. The van der Waals surface area contributed by atoms with Gasteiger partial charge in [0.05, 0.1) is 7.11 Å². The second-order valence-corrected chi connectivity index (χ2v) is 5.84. The standard InChI is InChI=1S/C20H22O5/c1-13-9-14(2)11-18(10-13)24-12-19(21)25-15(3)20(22)16-5-7-17(23-4)8-6-16/h5-11,15H,12H2,1-4H3/t15-/m1/s1. The maximum Gasteiger partial charge on any atom is 0.344 e. The topological polar surface area (TPSA) is 61.8 Å². The highest BCUT2D eigenvalue weighted by Crippen LogP contribution is 2.17. The van der Waals surface area contributed by atoms with Crippen LogP contribution in [0.3, 0.4) is 0 Å². The molecule has 0 saturated heterocycles. The van der Waals surface area contributed by atoms with Gasteiger partial charge in [-0.2, -0.15) is 0 Å². The molecule has 0 saturated carbocycles. The Morgan fingerprint density at radius 3 is 2.12 bits per heavy atom. The van der Waals surface area contributed by atoms with E-state index in [1.165, 1.54) is 0 Å². The number of Topliss-reactive ketones (excluding diaryl/α,β-unsaturated/α-hetero) is 1. The van der Waals surface area contributed by atoms with Crippen LogP contribution in [0.4, 0.5) is 0 Å². The van der Waals surface area contributed by atoms with Crippen LogP contribution in [0.1, 0.15) is 28.4 Å². The molecule has 0 heterocycles. The highest BCUT2D eigenvalue weighted by atomic mass is 16.6. The summed E-state index contributed by atoms with van der Waals surface area (Å²) in [5.74, 6) is 0.391. The number of esters is 1. The molecule has 0 radical (unpaired) electrons. The average Bonchev–Trinajstić information content (AvgIpc) is 2.58. The number of carbonyl (C=O) groups is 2. The van der Waals surface area contributed by atoms with Crippen LogP contribution in [0, 0.1) is 13.8 Å². The van der Waals surface area contributed by atoms with Crippen molar-refractivity contribution >= 4 is 11.8 Å². The van der Waals surface area contributed by atoms with Crippen molar-refractivity contribution in [2.75, 3.05) is 13.7 Å². The Morgan fingerprint density at radius 2 is 1.56 bits per heavy atom. The van der Waals surface area contributed by atoms with Crippen molar-refractivity contribution in [3.8, 4) is 11.5 Å². The van der Waals surface area contributed by atoms with Gasteiger partial charge in [-0.3, -0.25) is 4.79 Å². The van der Waals surface area contributed by atoms with Gasteiger partial charge in [0.1, 0.15) is 11.5 Å². The van der Waals surface area contributed by atoms with Crippen molar-refractivity contribution in [3.63, 3.8) is 0 Å². The van der Waals surface area contributed by atoms with Crippen molar-refractivity contribution in [3.05, 3.63) is 59.2 Å². The monoisotopic (exact) mass is 342 g/mol. The van der Waals surface area contributed by atoms with Gasteiger partial charge in [-0.25, -0.2) is 4.79 Å². The lowest BCUT2D eigenvalue weighted by atomic mass is 10.1. The molecule has 25 heavy (non-hydrogen) atoms. The molecule has 1 atom stereocenters. The fraction of sp³-hybridized carbons (Fsp3) is 0.300. The molecular weight excluding hydrogens is 320 g/mol. The van der Waals surface area contributed by atoms with E-state index in [1.54, 1.807) is 38.3 Å². The molecule has 0 fully saturated rings. The molecule has 2 aromatic rings. The van der Waals surface area contributed by atoms with Crippen LogP contribution < -0.4 is 9.47 Å². The predicted molar refractivity (Wildman–Crippen MR) is 94.3 cm³/mol. The van der Waals surface area contributed by atoms with E-state index in [1.807, 2.05) is 32.0 Å². The third kappa shape index (κ3) is 5.35. The quantitative estimate of drug-likeness (QED) is 0.569. The smallest absolute Gasteiger partial charge is 0.344 e. The molecule has 2 aromatic carbocycles. The summed E-state index contributed by atoms with van der Waals surface area (Å²) in [6.07, 6.45) is -0.885. The van der Waals surface area contributed by atoms with Gasteiger partial charge in [0.15, 0.2) is 12.7 Å². The summed E-state index contributed by atoms with van der Waals surface area (Å²) in [5, 5.41) is 0. The van der Waals surface area contributed by atoms with E-state index in [-0.39, 0.29) is 12.4 Å². The first kappa shape index (κ1) is 18.5. The summed E-state index contributed by atoms with van der Waals surface area (Å²) in [4.78, 5) is 24.2. The summed E-state index contributed by atoms with van der Waals surface area (Å²) in [5.41, 5.74) is 2.55. The first-order valence-electron chi connectivity index (χ1n) is 7.98. The van der Waals surface area contributed by atoms with Crippen LogP contribution in [0.2, 0.25) is 0 Å². The molecule has 2 rings (SSSR count). The molecule has 0 aliphatic heterocycles. The van der Waals surface area contributed by atoms with Crippen LogP contribution in [0.5, 0.6) is 11.5 Å². The molecule has 0 amide bonds. The van der Waals surface area contributed by atoms with Crippen LogP contribution in [-0.4, -0.2) is 31.6 Å². The average molecular weight is 342 g/mol. The van der Waals surface area contributed by atoms with Gasteiger partial charge < -0.3 is 14.2 Å². The summed E-state index contributed by atoms with van der Waals surface area (Å²) >= 11 is 0. The third-order valence-corrected chi connectivity index (χ3v) is 3.60. The summed E-state index contributed by atoms with van der Waals surface area (Å²) in [7, 11) is 1.55. The number of hydrogen-bond donors (Lipinski definition) is 0. The van der Waals surface area contributed by atoms with E-state index in [4.69, 9.17) is 14.2 Å². The second kappa shape index (κ2) is 8.33. The van der Waals surface area contributed by atoms with Crippen molar-refractivity contribution in [2.45, 2.75) is 26.9 Å². The Labute approximate surface area is 147 Å². The minimum absolute atomic E-state index is 0.247. The lowest BCUT2D eigenvalue weighted by Crippen LogP contribution is -2.27. The molecule has 0 unspecified atom stereocenters. The Kier molecular flexibility index (Phi) is 6.17. The normalized spacial score (nSPS) is 11.5. The molecule has 0 bridgehead atoms. The SMILES string of the molecule is COc1ccc(C(=O)[C@@H](C)OC(=O)COc2cc(C)cc(C)c2)cc1. The van der Waals surface area contributed by atoms with Gasteiger partial charge in [0.2, 0.25) is 5.78 Å².